The summed E-state index contributed by atoms with van der Waals surface area (Å²) >= 11 is 1.79. The van der Waals surface area contributed by atoms with Crippen molar-refractivity contribution in [1.29, 1.82) is 0 Å². The molecule has 1 aromatic carbocycles. The third-order valence-electron chi connectivity index (χ3n) is 5.27. The predicted molar refractivity (Wildman–Crippen MR) is 108 cm³/mol. The standard InChI is InChI=1S/C20H24N4O3S/c1-13-17(18(23-27-13)15-5-3-2-4-6-15)19(25)22-11-14-9-16(21-10-14)20(26)24-7-8-28-12-24/h2-6,14,16,21H,7-12H2,1H3,(H,22,25)/t14-,16-/m0/s1. The molecule has 0 spiro atoms. The minimum Gasteiger partial charge on any atom is -0.360 e. The van der Waals surface area contributed by atoms with E-state index in [0.29, 0.717) is 23.6 Å². The summed E-state index contributed by atoms with van der Waals surface area (Å²) in [5, 5.41) is 10.4. The molecule has 2 saturated heterocycles. The van der Waals surface area contributed by atoms with E-state index >= 15 is 0 Å². The van der Waals surface area contributed by atoms with Crippen molar-refractivity contribution in [3.05, 3.63) is 41.7 Å². The molecule has 4 rings (SSSR count). The van der Waals surface area contributed by atoms with Gasteiger partial charge in [-0.1, -0.05) is 35.5 Å². The average molecular weight is 401 g/mol. The first-order valence-corrected chi connectivity index (χ1v) is 10.7. The molecular formula is C20H24N4O3S. The maximum Gasteiger partial charge on any atom is 0.257 e. The van der Waals surface area contributed by atoms with Crippen LogP contribution in [0.3, 0.4) is 0 Å². The summed E-state index contributed by atoms with van der Waals surface area (Å²) in [4.78, 5) is 27.2. The molecule has 2 aliphatic heterocycles. The van der Waals surface area contributed by atoms with Gasteiger partial charge in [-0.3, -0.25) is 9.59 Å². The fourth-order valence-electron chi connectivity index (χ4n) is 3.72. The van der Waals surface area contributed by atoms with Crippen molar-refractivity contribution in [2.45, 2.75) is 19.4 Å². The lowest BCUT2D eigenvalue weighted by molar-refractivity contribution is -0.131. The topological polar surface area (TPSA) is 87.5 Å². The van der Waals surface area contributed by atoms with Gasteiger partial charge in [-0.05, 0) is 19.3 Å². The van der Waals surface area contributed by atoms with Crippen molar-refractivity contribution in [2.75, 3.05) is 31.3 Å². The van der Waals surface area contributed by atoms with Crippen LogP contribution in [-0.2, 0) is 4.79 Å². The zero-order valence-electron chi connectivity index (χ0n) is 15.8. The molecule has 2 aliphatic rings. The fraction of sp³-hybridized carbons (Fsp3) is 0.450. The summed E-state index contributed by atoms with van der Waals surface area (Å²) in [5.74, 6) is 2.52. The molecule has 7 nitrogen and oxygen atoms in total. The Bertz CT molecular complexity index is 848. The van der Waals surface area contributed by atoms with Crippen LogP contribution in [0.4, 0.5) is 0 Å². The normalized spacial score (nSPS) is 21.8. The number of nitrogens with one attached hydrogen (secondary N) is 2. The van der Waals surface area contributed by atoms with Gasteiger partial charge in [0.15, 0.2) is 0 Å². The number of hydrogen-bond donors (Lipinski definition) is 2. The van der Waals surface area contributed by atoms with E-state index in [1.165, 1.54) is 0 Å². The van der Waals surface area contributed by atoms with Crippen LogP contribution >= 0.6 is 11.8 Å². The Morgan fingerprint density at radius 3 is 2.93 bits per heavy atom. The lowest BCUT2D eigenvalue weighted by Crippen LogP contribution is -2.42. The largest absolute Gasteiger partial charge is 0.360 e. The van der Waals surface area contributed by atoms with Crippen LogP contribution in [0.25, 0.3) is 11.3 Å². The van der Waals surface area contributed by atoms with Crippen LogP contribution in [0.2, 0.25) is 0 Å². The summed E-state index contributed by atoms with van der Waals surface area (Å²) in [7, 11) is 0. The van der Waals surface area contributed by atoms with Gasteiger partial charge in [-0.2, -0.15) is 0 Å². The molecule has 2 atom stereocenters. The third kappa shape index (κ3) is 3.93. The monoisotopic (exact) mass is 400 g/mol. The van der Waals surface area contributed by atoms with E-state index in [9.17, 15) is 9.59 Å². The maximum absolute atomic E-state index is 12.8. The van der Waals surface area contributed by atoms with E-state index in [0.717, 1.165) is 36.7 Å². The minimum atomic E-state index is -0.191. The zero-order valence-corrected chi connectivity index (χ0v) is 16.6. The highest BCUT2D eigenvalue weighted by Crippen LogP contribution is 2.25. The predicted octanol–water partition coefficient (Wildman–Crippen LogP) is 1.89. The van der Waals surface area contributed by atoms with Crippen molar-refractivity contribution in [2.24, 2.45) is 5.92 Å². The lowest BCUT2D eigenvalue weighted by atomic mass is 10.0. The summed E-state index contributed by atoms with van der Waals surface area (Å²) in [6.45, 7) is 3.82. The molecule has 2 amide bonds. The van der Waals surface area contributed by atoms with Crippen LogP contribution < -0.4 is 10.6 Å². The van der Waals surface area contributed by atoms with Gasteiger partial charge >= 0.3 is 0 Å². The van der Waals surface area contributed by atoms with E-state index in [1.807, 2.05) is 35.2 Å². The lowest BCUT2D eigenvalue weighted by Gasteiger charge is -2.19. The second kappa shape index (κ2) is 8.36. The molecule has 2 N–H and O–H groups in total. The number of amides is 2. The highest BCUT2D eigenvalue weighted by Gasteiger charge is 2.33. The fourth-order valence-corrected chi connectivity index (χ4v) is 4.67. The summed E-state index contributed by atoms with van der Waals surface area (Å²) in [6, 6.07) is 9.39. The van der Waals surface area contributed by atoms with Crippen LogP contribution in [0.15, 0.2) is 34.9 Å². The Morgan fingerprint density at radius 2 is 2.18 bits per heavy atom. The van der Waals surface area contributed by atoms with Gasteiger partial charge in [0.25, 0.3) is 5.91 Å². The summed E-state index contributed by atoms with van der Waals surface area (Å²) in [6.07, 6.45) is 0.744. The quantitative estimate of drug-likeness (QED) is 0.797. The Morgan fingerprint density at radius 1 is 1.36 bits per heavy atom. The number of thioether (sulfide) groups is 1. The molecule has 0 unspecified atom stereocenters. The van der Waals surface area contributed by atoms with Crippen molar-refractivity contribution in [3.8, 4) is 11.3 Å². The molecule has 3 heterocycles. The zero-order chi connectivity index (χ0) is 19.5. The first kappa shape index (κ1) is 19.0. The second-order valence-corrected chi connectivity index (χ2v) is 8.31. The van der Waals surface area contributed by atoms with Crippen LogP contribution in [0.5, 0.6) is 0 Å². The Labute approximate surface area is 168 Å². The highest BCUT2D eigenvalue weighted by molar-refractivity contribution is 7.99. The number of aromatic nitrogens is 1. The number of nitrogens with zero attached hydrogens (tertiary/aromatic N) is 2. The van der Waals surface area contributed by atoms with Crippen LogP contribution in [0.1, 0.15) is 22.5 Å². The first-order chi connectivity index (χ1) is 13.6. The molecule has 0 radical (unpaired) electrons. The van der Waals surface area contributed by atoms with Crippen LogP contribution in [-0.4, -0.2) is 59.2 Å². The van der Waals surface area contributed by atoms with Gasteiger partial charge in [-0.15, -0.1) is 11.8 Å². The molecule has 8 heteroatoms. The smallest absolute Gasteiger partial charge is 0.257 e. The number of aryl methyl sites for hydroxylation is 1. The molecule has 0 aliphatic carbocycles. The van der Waals surface area contributed by atoms with E-state index in [1.54, 1.807) is 18.7 Å². The number of hydrogen-bond acceptors (Lipinski definition) is 6. The Kier molecular flexibility index (Phi) is 5.68. The van der Waals surface area contributed by atoms with Gasteiger partial charge in [0, 0.05) is 31.0 Å². The number of benzene rings is 1. The van der Waals surface area contributed by atoms with Crippen molar-refractivity contribution in [3.63, 3.8) is 0 Å². The third-order valence-corrected chi connectivity index (χ3v) is 6.24. The minimum absolute atomic E-state index is 0.141. The van der Waals surface area contributed by atoms with Gasteiger partial charge in [0.1, 0.15) is 17.0 Å². The highest BCUT2D eigenvalue weighted by atomic mass is 32.2. The van der Waals surface area contributed by atoms with E-state index < -0.39 is 0 Å². The molecule has 148 valence electrons. The molecule has 2 aromatic rings. The summed E-state index contributed by atoms with van der Waals surface area (Å²) < 4.78 is 5.27. The van der Waals surface area contributed by atoms with Gasteiger partial charge in [0.05, 0.1) is 11.9 Å². The maximum atomic E-state index is 12.8. The number of rotatable bonds is 5. The van der Waals surface area contributed by atoms with Gasteiger partial charge in [-0.25, -0.2) is 0 Å². The van der Waals surface area contributed by atoms with Crippen molar-refractivity contribution in [1.82, 2.24) is 20.7 Å². The van der Waals surface area contributed by atoms with E-state index in [-0.39, 0.29) is 23.8 Å². The number of carbonyl (C=O) groups is 2. The first-order valence-electron chi connectivity index (χ1n) is 9.53. The summed E-state index contributed by atoms with van der Waals surface area (Å²) in [5.41, 5.74) is 1.87. The Balaban J connectivity index is 1.35. The molecular weight excluding hydrogens is 376 g/mol. The van der Waals surface area contributed by atoms with Crippen molar-refractivity contribution < 1.29 is 14.1 Å². The average Bonchev–Trinajstić information content (AvgIpc) is 3.47. The molecule has 1 aromatic heterocycles. The molecule has 28 heavy (non-hydrogen) atoms. The molecule has 0 saturated carbocycles. The van der Waals surface area contributed by atoms with Crippen molar-refractivity contribution >= 4 is 23.6 Å². The SMILES string of the molecule is Cc1onc(-c2ccccc2)c1C(=O)NC[C@@H]1CN[C@H](C(=O)N2CCSC2)C1. The number of carbonyl (C=O) groups excluding carboxylic acids is 2. The van der Waals surface area contributed by atoms with E-state index in [2.05, 4.69) is 15.8 Å². The van der Waals surface area contributed by atoms with E-state index in [4.69, 9.17) is 4.52 Å². The Hall–Kier alpha value is -2.32. The molecule has 2 fully saturated rings. The van der Waals surface area contributed by atoms with Crippen LogP contribution in [0, 0.1) is 12.8 Å². The van der Waals surface area contributed by atoms with Gasteiger partial charge < -0.3 is 20.1 Å². The second-order valence-electron chi connectivity index (χ2n) is 7.24. The van der Waals surface area contributed by atoms with Gasteiger partial charge in [0.2, 0.25) is 5.91 Å². The molecule has 0 bridgehead atoms.